The first-order valence-corrected chi connectivity index (χ1v) is 11.4. The van der Waals surface area contributed by atoms with Crippen molar-refractivity contribution in [2.75, 3.05) is 16.4 Å². The summed E-state index contributed by atoms with van der Waals surface area (Å²) in [5.41, 5.74) is 3.34. The molecule has 0 bridgehead atoms. The molecular formula is C23H23ClFN5O2S. The minimum atomic E-state index is -0.560. The Morgan fingerprint density at radius 2 is 1.79 bits per heavy atom. The maximum absolute atomic E-state index is 13.3. The first kappa shape index (κ1) is 24.5. The van der Waals surface area contributed by atoms with Crippen molar-refractivity contribution in [2.24, 2.45) is 0 Å². The molecule has 0 radical (unpaired) electrons. The van der Waals surface area contributed by atoms with E-state index in [2.05, 4.69) is 27.4 Å². The number of aryl methyl sites for hydroxylation is 2. The number of nitrogens with one attached hydrogen (secondary N) is 2. The maximum Gasteiger partial charge on any atom is 0.234 e. The number of allylic oxidation sites excluding steroid dienone is 1. The van der Waals surface area contributed by atoms with Crippen molar-refractivity contribution in [1.82, 2.24) is 14.8 Å². The van der Waals surface area contributed by atoms with Crippen LogP contribution in [0.15, 0.2) is 54.2 Å². The summed E-state index contributed by atoms with van der Waals surface area (Å²) in [5, 5.41) is 14.2. The summed E-state index contributed by atoms with van der Waals surface area (Å²) in [6, 6.07) is 9.66. The Bertz CT molecular complexity index is 1200. The van der Waals surface area contributed by atoms with Crippen molar-refractivity contribution in [2.45, 2.75) is 32.0 Å². The Balaban J connectivity index is 1.62. The van der Waals surface area contributed by atoms with Gasteiger partial charge >= 0.3 is 0 Å². The highest BCUT2D eigenvalue weighted by Gasteiger charge is 2.17. The van der Waals surface area contributed by atoms with Gasteiger partial charge in [-0.05, 0) is 55.3 Å². The van der Waals surface area contributed by atoms with Gasteiger partial charge in [-0.2, -0.15) is 0 Å². The van der Waals surface area contributed by atoms with E-state index in [-0.39, 0.29) is 29.0 Å². The third-order valence-corrected chi connectivity index (χ3v) is 6.01. The van der Waals surface area contributed by atoms with E-state index < -0.39 is 5.82 Å². The van der Waals surface area contributed by atoms with Crippen LogP contribution in [0.4, 0.5) is 15.8 Å². The number of hydrogen-bond donors (Lipinski definition) is 2. The number of hydrogen-bond acceptors (Lipinski definition) is 5. The summed E-state index contributed by atoms with van der Waals surface area (Å²) in [6.07, 6.45) is 1.69. The molecule has 2 amide bonds. The lowest BCUT2D eigenvalue weighted by molar-refractivity contribution is -0.116. The van der Waals surface area contributed by atoms with Crippen LogP contribution in [-0.2, 0) is 22.6 Å². The number of carbonyl (C=O) groups is 2. The van der Waals surface area contributed by atoms with Gasteiger partial charge in [0.15, 0.2) is 5.16 Å². The Morgan fingerprint density at radius 3 is 2.48 bits per heavy atom. The van der Waals surface area contributed by atoms with E-state index in [1.54, 1.807) is 10.6 Å². The van der Waals surface area contributed by atoms with Gasteiger partial charge in [-0.25, -0.2) is 4.39 Å². The van der Waals surface area contributed by atoms with Crippen molar-refractivity contribution in [3.63, 3.8) is 0 Å². The third-order valence-electron chi connectivity index (χ3n) is 4.75. The zero-order valence-electron chi connectivity index (χ0n) is 18.2. The fourth-order valence-corrected chi connectivity index (χ4v) is 3.89. The number of carbonyl (C=O) groups excluding carboxylic acids is 2. The van der Waals surface area contributed by atoms with Gasteiger partial charge in [-0.1, -0.05) is 35.5 Å². The Morgan fingerprint density at radius 1 is 1.09 bits per heavy atom. The van der Waals surface area contributed by atoms with E-state index >= 15 is 0 Å². The van der Waals surface area contributed by atoms with Gasteiger partial charge in [-0.3, -0.25) is 9.59 Å². The molecule has 2 N–H and O–H groups in total. The van der Waals surface area contributed by atoms with E-state index in [0.29, 0.717) is 28.9 Å². The third kappa shape index (κ3) is 6.66. The van der Waals surface area contributed by atoms with Gasteiger partial charge in [0.1, 0.15) is 11.6 Å². The second kappa shape index (κ2) is 11.1. The second-order valence-electron chi connectivity index (χ2n) is 7.29. The van der Waals surface area contributed by atoms with Gasteiger partial charge in [0.25, 0.3) is 0 Å². The van der Waals surface area contributed by atoms with E-state index in [0.717, 1.165) is 11.1 Å². The molecule has 0 unspecified atom stereocenters. The fourth-order valence-electron chi connectivity index (χ4n) is 2.94. The van der Waals surface area contributed by atoms with Crippen LogP contribution in [0, 0.1) is 19.7 Å². The number of benzene rings is 2. The average molecular weight is 488 g/mol. The second-order valence-corrected chi connectivity index (χ2v) is 8.64. The van der Waals surface area contributed by atoms with E-state index in [9.17, 15) is 14.0 Å². The molecule has 0 spiro atoms. The van der Waals surface area contributed by atoms with E-state index in [1.165, 1.54) is 30.0 Å². The number of rotatable bonds is 9. The van der Waals surface area contributed by atoms with Crippen molar-refractivity contribution in [3.8, 4) is 0 Å². The molecule has 3 aromatic rings. The SMILES string of the molecule is C=CCn1c(CC(=O)Nc2ccc(C)c(C)c2)nnc1SCC(=O)Nc1ccc(F)c(Cl)c1. The maximum atomic E-state index is 13.3. The number of nitrogens with zero attached hydrogens (tertiary/aromatic N) is 3. The quantitative estimate of drug-likeness (QED) is 0.335. The Labute approximate surface area is 200 Å². The van der Waals surface area contributed by atoms with Crippen LogP contribution in [0.1, 0.15) is 17.0 Å². The zero-order valence-corrected chi connectivity index (χ0v) is 19.8. The van der Waals surface area contributed by atoms with E-state index in [4.69, 9.17) is 11.6 Å². The molecule has 0 fully saturated rings. The molecule has 2 aromatic carbocycles. The van der Waals surface area contributed by atoms with Crippen LogP contribution in [0.3, 0.4) is 0 Å². The Kier molecular flexibility index (Phi) is 8.24. The molecule has 33 heavy (non-hydrogen) atoms. The molecule has 0 saturated heterocycles. The summed E-state index contributed by atoms with van der Waals surface area (Å²) < 4.78 is 15.0. The standard InChI is InChI=1S/C23H23ClFN5O2S/c1-4-9-30-20(12-21(31)26-16-6-5-14(2)15(3)10-16)28-29-23(30)33-13-22(32)27-17-7-8-19(25)18(24)11-17/h4-8,10-11H,1,9,12-13H2,2-3H3,(H,26,31)(H,27,32). The molecule has 1 aromatic heterocycles. The first-order chi connectivity index (χ1) is 15.8. The first-order valence-electron chi connectivity index (χ1n) is 10.0. The van der Waals surface area contributed by atoms with Crippen molar-refractivity contribution in [3.05, 3.63) is 76.8 Å². The van der Waals surface area contributed by atoms with Crippen LogP contribution in [0.25, 0.3) is 0 Å². The molecule has 3 rings (SSSR count). The minimum Gasteiger partial charge on any atom is -0.326 e. The summed E-state index contributed by atoms with van der Waals surface area (Å²) in [4.78, 5) is 24.8. The summed E-state index contributed by atoms with van der Waals surface area (Å²) in [7, 11) is 0. The molecule has 0 aliphatic rings. The molecule has 7 nitrogen and oxygen atoms in total. The van der Waals surface area contributed by atoms with Gasteiger partial charge in [0.2, 0.25) is 11.8 Å². The van der Waals surface area contributed by atoms with Crippen LogP contribution < -0.4 is 10.6 Å². The number of anilines is 2. The lowest BCUT2D eigenvalue weighted by Crippen LogP contribution is -2.18. The lowest BCUT2D eigenvalue weighted by atomic mass is 10.1. The van der Waals surface area contributed by atoms with Gasteiger partial charge < -0.3 is 15.2 Å². The van der Waals surface area contributed by atoms with Crippen molar-refractivity contribution < 1.29 is 14.0 Å². The minimum absolute atomic E-state index is 0.0224. The molecule has 172 valence electrons. The van der Waals surface area contributed by atoms with Crippen LogP contribution in [0.5, 0.6) is 0 Å². The summed E-state index contributed by atoms with van der Waals surface area (Å²) >= 11 is 6.91. The highest BCUT2D eigenvalue weighted by atomic mass is 35.5. The number of thioether (sulfide) groups is 1. The smallest absolute Gasteiger partial charge is 0.234 e. The molecule has 1 heterocycles. The molecule has 10 heteroatoms. The predicted octanol–water partition coefficient (Wildman–Crippen LogP) is 4.79. The largest absolute Gasteiger partial charge is 0.326 e. The summed E-state index contributed by atoms with van der Waals surface area (Å²) in [6.45, 7) is 8.12. The lowest BCUT2D eigenvalue weighted by Gasteiger charge is -2.10. The number of aromatic nitrogens is 3. The van der Waals surface area contributed by atoms with Crippen LogP contribution in [0.2, 0.25) is 5.02 Å². The molecule has 0 saturated carbocycles. The summed E-state index contributed by atoms with van der Waals surface area (Å²) in [5.74, 6) is -0.595. The van der Waals surface area contributed by atoms with Gasteiger partial charge in [-0.15, -0.1) is 16.8 Å². The monoisotopic (exact) mass is 487 g/mol. The molecular weight excluding hydrogens is 465 g/mol. The average Bonchev–Trinajstić information content (AvgIpc) is 3.13. The molecule has 0 aliphatic carbocycles. The van der Waals surface area contributed by atoms with Gasteiger partial charge in [0, 0.05) is 17.9 Å². The van der Waals surface area contributed by atoms with Crippen LogP contribution in [-0.4, -0.2) is 32.3 Å². The number of halogens is 2. The topological polar surface area (TPSA) is 88.9 Å². The normalized spacial score (nSPS) is 10.7. The van der Waals surface area contributed by atoms with Crippen molar-refractivity contribution >= 4 is 46.6 Å². The number of amides is 2. The highest BCUT2D eigenvalue weighted by Crippen LogP contribution is 2.21. The van der Waals surface area contributed by atoms with E-state index in [1.807, 2.05) is 32.0 Å². The fraction of sp³-hybridized carbons (Fsp3) is 0.217. The molecule has 0 atom stereocenters. The van der Waals surface area contributed by atoms with Crippen molar-refractivity contribution in [1.29, 1.82) is 0 Å². The van der Waals surface area contributed by atoms with Gasteiger partial charge in [0.05, 0.1) is 17.2 Å². The zero-order chi connectivity index (χ0) is 24.0. The Hall–Kier alpha value is -3.17. The highest BCUT2D eigenvalue weighted by molar-refractivity contribution is 7.99. The van der Waals surface area contributed by atoms with Crippen LogP contribution >= 0.6 is 23.4 Å². The predicted molar refractivity (Wildman–Crippen MR) is 129 cm³/mol. The molecule has 0 aliphatic heterocycles.